The van der Waals surface area contributed by atoms with Gasteiger partial charge in [0, 0.05) is 12.3 Å². The number of hydrogen-bond acceptors (Lipinski definition) is 4. The largest absolute Gasteiger partial charge is 0.506 e. The molecule has 3 N–H and O–H groups in total. The molecule has 108 valence electrons. The van der Waals surface area contributed by atoms with Crippen LogP contribution in [-0.4, -0.2) is 27.1 Å². The number of nitrogens with zero attached hydrogens (tertiary/aromatic N) is 1. The molecule has 0 radical (unpaired) electrons. The number of pyridine rings is 1. The molecule has 1 amide bonds. The number of anilines is 1. The number of rotatable bonds is 3. The van der Waals surface area contributed by atoms with Crippen molar-refractivity contribution in [2.75, 3.05) is 5.32 Å². The van der Waals surface area contributed by atoms with Gasteiger partial charge in [0.05, 0.1) is 23.0 Å². The molecule has 0 aliphatic carbocycles. The van der Waals surface area contributed by atoms with E-state index in [0.717, 1.165) is 18.5 Å². The smallest absolute Gasteiger partial charge is 0.337 e. The zero-order valence-electron chi connectivity index (χ0n) is 10.3. The highest BCUT2D eigenvalue weighted by molar-refractivity contribution is 6.07. The first-order valence-electron chi connectivity index (χ1n) is 5.56. The molecule has 1 aromatic heterocycles. The van der Waals surface area contributed by atoms with E-state index in [4.69, 9.17) is 5.11 Å². The molecule has 0 unspecified atom stereocenters. The minimum absolute atomic E-state index is 0.0731. The number of aromatic nitrogens is 1. The zero-order chi connectivity index (χ0) is 15.6. The standard InChI is InChI=1S/C13H8F2N2O4/c14-9-2-8(13(20)21)11(3-10(9)15)17-12(19)6-1-7(18)5-16-4-6/h1-5,18H,(H,17,19)(H,20,21). The summed E-state index contributed by atoms with van der Waals surface area (Å²) in [5.41, 5.74) is -1.08. The second-order valence-corrected chi connectivity index (χ2v) is 4.00. The lowest BCUT2D eigenvalue weighted by molar-refractivity contribution is 0.0697. The van der Waals surface area contributed by atoms with Crippen LogP contribution in [0.2, 0.25) is 0 Å². The third kappa shape index (κ3) is 3.11. The van der Waals surface area contributed by atoms with Crippen LogP contribution in [0.4, 0.5) is 14.5 Å². The van der Waals surface area contributed by atoms with Gasteiger partial charge in [-0.2, -0.15) is 0 Å². The van der Waals surface area contributed by atoms with Crippen molar-refractivity contribution in [2.24, 2.45) is 0 Å². The predicted octanol–water partition coefficient (Wildman–Crippen LogP) is 2.02. The fourth-order valence-corrected chi connectivity index (χ4v) is 1.57. The molecular weight excluding hydrogens is 286 g/mol. The number of amides is 1. The van der Waals surface area contributed by atoms with Gasteiger partial charge in [-0.1, -0.05) is 0 Å². The van der Waals surface area contributed by atoms with Gasteiger partial charge in [-0.15, -0.1) is 0 Å². The van der Waals surface area contributed by atoms with E-state index in [9.17, 15) is 23.5 Å². The maximum absolute atomic E-state index is 13.2. The Labute approximate surface area is 116 Å². The van der Waals surface area contributed by atoms with Crippen molar-refractivity contribution in [3.05, 3.63) is 53.4 Å². The molecule has 0 aliphatic rings. The zero-order valence-corrected chi connectivity index (χ0v) is 10.3. The van der Waals surface area contributed by atoms with Crippen LogP contribution in [-0.2, 0) is 0 Å². The van der Waals surface area contributed by atoms with Crippen LogP contribution in [0.1, 0.15) is 20.7 Å². The summed E-state index contributed by atoms with van der Waals surface area (Å²) in [6.07, 6.45) is 2.21. The van der Waals surface area contributed by atoms with Crippen molar-refractivity contribution in [1.29, 1.82) is 0 Å². The Morgan fingerprint density at radius 3 is 2.38 bits per heavy atom. The van der Waals surface area contributed by atoms with Gasteiger partial charge in [0.25, 0.3) is 5.91 Å². The number of carbonyl (C=O) groups excluding carboxylic acids is 1. The molecule has 1 aromatic carbocycles. The highest BCUT2D eigenvalue weighted by Gasteiger charge is 2.18. The molecule has 0 saturated carbocycles. The van der Waals surface area contributed by atoms with Crippen LogP contribution in [0.5, 0.6) is 5.75 Å². The molecular formula is C13H8F2N2O4. The molecule has 21 heavy (non-hydrogen) atoms. The maximum atomic E-state index is 13.2. The number of nitrogens with one attached hydrogen (secondary N) is 1. The SMILES string of the molecule is O=C(Nc1cc(F)c(F)cc1C(=O)O)c1cncc(O)c1. The highest BCUT2D eigenvalue weighted by Crippen LogP contribution is 2.21. The summed E-state index contributed by atoms with van der Waals surface area (Å²) in [5.74, 6) is -5.27. The normalized spacial score (nSPS) is 10.2. The summed E-state index contributed by atoms with van der Waals surface area (Å²) in [4.78, 5) is 26.4. The quantitative estimate of drug-likeness (QED) is 0.804. The van der Waals surface area contributed by atoms with Gasteiger partial charge in [-0.3, -0.25) is 9.78 Å². The Bertz CT molecular complexity index is 734. The number of halogens is 2. The van der Waals surface area contributed by atoms with Crippen LogP contribution in [0.3, 0.4) is 0 Å². The summed E-state index contributed by atoms with van der Waals surface area (Å²) >= 11 is 0. The van der Waals surface area contributed by atoms with Gasteiger partial charge in [0.15, 0.2) is 11.6 Å². The summed E-state index contributed by atoms with van der Waals surface area (Å²) in [5, 5.41) is 20.2. The lowest BCUT2D eigenvalue weighted by atomic mass is 10.1. The fourth-order valence-electron chi connectivity index (χ4n) is 1.57. The first-order valence-corrected chi connectivity index (χ1v) is 5.56. The first-order chi connectivity index (χ1) is 9.88. The second-order valence-electron chi connectivity index (χ2n) is 4.00. The number of carboxylic acids is 1. The molecule has 6 nitrogen and oxygen atoms in total. The van der Waals surface area contributed by atoms with E-state index in [1.54, 1.807) is 0 Å². The van der Waals surface area contributed by atoms with Crippen molar-refractivity contribution in [2.45, 2.75) is 0 Å². The summed E-state index contributed by atoms with van der Waals surface area (Å²) in [7, 11) is 0. The highest BCUT2D eigenvalue weighted by atomic mass is 19.2. The molecule has 0 fully saturated rings. The van der Waals surface area contributed by atoms with Crippen LogP contribution >= 0.6 is 0 Å². The Morgan fingerprint density at radius 2 is 1.76 bits per heavy atom. The number of carbonyl (C=O) groups is 2. The van der Waals surface area contributed by atoms with E-state index in [-0.39, 0.29) is 11.3 Å². The number of hydrogen-bond donors (Lipinski definition) is 3. The summed E-state index contributed by atoms with van der Waals surface area (Å²) in [6, 6.07) is 2.11. The lowest BCUT2D eigenvalue weighted by Crippen LogP contribution is -2.15. The Kier molecular flexibility index (Phi) is 3.79. The van der Waals surface area contributed by atoms with E-state index in [1.807, 2.05) is 0 Å². The van der Waals surface area contributed by atoms with Crippen LogP contribution < -0.4 is 5.32 Å². The number of aromatic carboxylic acids is 1. The number of aromatic hydroxyl groups is 1. The van der Waals surface area contributed by atoms with E-state index in [1.165, 1.54) is 0 Å². The van der Waals surface area contributed by atoms with Crippen LogP contribution in [0.25, 0.3) is 0 Å². The maximum Gasteiger partial charge on any atom is 0.337 e. The first kappa shape index (κ1) is 14.4. The van der Waals surface area contributed by atoms with Crippen molar-refractivity contribution < 1.29 is 28.6 Å². The third-order valence-electron chi connectivity index (χ3n) is 2.53. The molecule has 8 heteroatoms. The van der Waals surface area contributed by atoms with Gasteiger partial charge in [0.1, 0.15) is 5.75 Å². The average molecular weight is 294 g/mol. The van der Waals surface area contributed by atoms with Crippen molar-refractivity contribution >= 4 is 17.6 Å². The van der Waals surface area contributed by atoms with E-state index in [0.29, 0.717) is 12.1 Å². The summed E-state index contributed by atoms with van der Waals surface area (Å²) in [6.45, 7) is 0. The Balaban J connectivity index is 2.37. The number of carboxylic acid groups (broad SMARTS) is 1. The third-order valence-corrected chi connectivity index (χ3v) is 2.53. The lowest BCUT2D eigenvalue weighted by Gasteiger charge is -2.09. The molecule has 0 bridgehead atoms. The molecule has 2 aromatic rings. The Hall–Kier alpha value is -3.03. The Morgan fingerprint density at radius 1 is 1.10 bits per heavy atom. The predicted molar refractivity (Wildman–Crippen MR) is 67.2 cm³/mol. The molecule has 0 atom stereocenters. The van der Waals surface area contributed by atoms with Gasteiger partial charge in [0.2, 0.25) is 0 Å². The fraction of sp³-hybridized carbons (Fsp3) is 0. The second kappa shape index (κ2) is 5.53. The van der Waals surface area contributed by atoms with Crippen LogP contribution in [0, 0.1) is 11.6 Å². The van der Waals surface area contributed by atoms with Gasteiger partial charge < -0.3 is 15.5 Å². The summed E-state index contributed by atoms with van der Waals surface area (Å²) < 4.78 is 26.2. The van der Waals surface area contributed by atoms with Crippen LogP contribution in [0.15, 0.2) is 30.6 Å². The molecule has 0 saturated heterocycles. The number of benzene rings is 1. The minimum atomic E-state index is -1.53. The van der Waals surface area contributed by atoms with E-state index < -0.39 is 34.8 Å². The van der Waals surface area contributed by atoms with E-state index in [2.05, 4.69) is 10.3 Å². The molecule has 1 heterocycles. The van der Waals surface area contributed by atoms with Gasteiger partial charge >= 0.3 is 5.97 Å². The van der Waals surface area contributed by atoms with Gasteiger partial charge in [-0.25, -0.2) is 13.6 Å². The molecule has 0 spiro atoms. The monoisotopic (exact) mass is 294 g/mol. The molecule has 0 aliphatic heterocycles. The average Bonchev–Trinajstić information content (AvgIpc) is 2.42. The van der Waals surface area contributed by atoms with Gasteiger partial charge in [-0.05, 0) is 12.1 Å². The van der Waals surface area contributed by atoms with Crippen molar-refractivity contribution in [3.63, 3.8) is 0 Å². The van der Waals surface area contributed by atoms with Crippen molar-refractivity contribution in [3.8, 4) is 5.75 Å². The topological polar surface area (TPSA) is 99.5 Å². The molecule has 2 rings (SSSR count). The van der Waals surface area contributed by atoms with Crippen molar-refractivity contribution in [1.82, 2.24) is 4.98 Å². The van der Waals surface area contributed by atoms with E-state index >= 15 is 0 Å². The minimum Gasteiger partial charge on any atom is -0.506 e.